The van der Waals surface area contributed by atoms with E-state index in [0.717, 1.165) is 11.7 Å². The molecule has 2 aliphatic rings. The largest absolute Gasteiger partial charge is 0.298 e. The number of thiazole rings is 1. The van der Waals surface area contributed by atoms with Gasteiger partial charge in [0.1, 0.15) is 0 Å². The van der Waals surface area contributed by atoms with Crippen molar-refractivity contribution in [2.45, 2.75) is 44.3 Å². The Kier molecular flexibility index (Phi) is 5.05. The van der Waals surface area contributed by atoms with Crippen LogP contribution in [0.1, 0.15) is 29.7 Å². The molecule has 0 saturated carbocycles. The van der Waals surface area contributed by atoms with Crippen molar-refractivity contribution in [1.82, 2.24) is 19.4 Å². The first kappa shape index (κ1) is 18.1. The van der Waals surface area contributed by atoms with Crippen molar-refractivity contribution in [1.29, 1.82) is 0 Å². The van der Waals surface area contributed by atoms with Crippen molar-refractivity contribution >= 4 is 11.3 Å². The van der Waals surface area contributed by atoms with Gasteiger partial charge >= 0.3 is 0 Å². The molecule has 3 heterocycles. The number of likely N-dealkylation sites (N-methyl/N-ethyl adjacent to an activating group) is 1. The minimum atomic E-state index is 0.622. The third-order valence-electron chi connectivity index (χ3n) is 6.47. The molecule has 0 radical (unpaired) electrons. The zero-order chi connectivity index (χ0) is 18.9. The quantitative estimate of drug-likeness (QED) is 0.656. The van der Waals surface area contributed by atoms with Crippen LogP contribution in [-0.4, -0.2) is 51.6 Å². The van der Waals surface area contributed by atoms with E-state index in [1.807, 2.05) is 11.6 Å². The van der Waals surface area contributed by atoms with Crippen molar-refractivity contribution in [3.05, 3.63) is 71.0 Å². The Hall–Kier alpha value is -1.95. The molecule has 2 aromatic heterocycles. The second-order valence-electron chi connectivity index (χ2n) is 8.22. The Labute approximate surface area is 171 Å². The Bertz CT molecular complexity index is 891. The first-order valence-corrected chi connectivity index (χ1v) is 11.2. The normalized spacial score (nSPS) is 20.7. The third-order valence-corrected chi connectivity index (χ3v) is 7.24. The smallest absolute Gasteiger partial charge is 0.193 e. The second kappa shape index (κ2) is 7.82. The van der Waals surface area contributed by atoms with Gasteiger partial charge in [-0.1, -0.05) is 24.3 Å². The van der Waals surface area contributed by atoms with E-state index in [2.05, 4.69) is 69.0 Å². The van der Waals surface area contributed by atoms with Gasteiger partial charge in [-0.05, 0) is 62.5 Å². The molecule has 4 nitrogen and oxygen atoms in total. The number of nitrogens with zero attached hydrogens (tertiary/aromatic N) is 4. The van der Waals surface area contributed by atoms with Crippen LogP contribution in [0, 0.1) is 0 Å². The molecule has 146 valence electrons. The predicted molar refractivity (Wildman–Crippen MR) is 115 cm³/mol. The van der Waals surface area contributed by atoms with Crippen molar-refractivity contribution in [2.24, 2.45) is 0 Å². The molecule has 0 N–H and O–H groups in total. The van der Waals surface area contributed by atoms with E-state index in [4.69, 9.17) is 0 Å². The Morgan fingerprint density at radius 3 is 2.71 bits per heavy atom. The van der Waals surface area contributed by atoms with E-state index in [9.17, 15) is 0 Å². The van der Waals surface area contributed by atoms with E-state index >= 15 is 0 Å². The predicted octanol–water partition coefficient (Wildman–Crippen LogP) is 4.00. The lowest BCUT2D eigenvalue weighted by atomic mass is 10.0. The highest BCUT2D eigenvalue weighted by molar-refractivity contribution is 7.12. The van der Waals surface area contributed by atoms with Gasteiger partial charge in [0, 0.05) is 48.6 Å². The molecule has 0 amide bonds. The van der Waals surface area contributed by atoms with E-state index in [0.29, 0.717) is 12.1 Å². The number of aromatic nitrogens is 2. The summed E-state index contributed by atoms with van der Waals surface area (Å²) in [6.45, 7) is 3.40. The van der Waals surface area contributed by atoms with Crippen LogP contribution in [0.2, 0.25) is 0 Å². The average Bonchev–Trinajstić information content (AvgIpc) is 3.47. The molecule has 1 aromatic carbocycles. The number of hydrogen-bond acceptors (Lipinski definition) is 4. The lowest BCUT2D eigenvalue weighted by Crippen LogP contribution is -2.50. The molecule has 1 aliphatic heterocycles. The highest BCUT2D eigenvalue weighted by Gasteiger charge is 2.31. The van der Waals surface area contributed by atoms with Gasteiger partial charge in [0.15, 0.2) is 5.13 Å². The Morgan fingerprint density at radius 1 is 1.14 bits per heavy atom. The van der Waals surface area contributed by atoms with E-state index in [-0.39, 0.29) is 0 Å². The molecular weight excluding hydrogens is 364 g/mol. The molecule has 1 atom stereocenters. The minimum absolute atomic E-state index is 0.622. The van der Waals surface area contributed by atoms with Gasteiger partial charge in [0.25, 0.3) is 0 Å². The SMILES string of the molecule is CN(Cc1cccn1-c1nccs1)C1CCCN(C2Cc3ccccc3C2)C1. The van der Waals surface area contributed by atoms with Crippen molar-refractivity contribution in [2.75, 3.05) is 20.1 Å². The van der Waals surface area contributed by atoms with Gasteiger partial charge < -0.3 is 0 Å². The van der Waals surface area contributed by atoms with Crippen LogP contribution in [0.3, 0.4) is 0 Å². The molecule has 5 rings (SSSR count). The van der Waals surface area contributed by atoms with Crippen molar-refractivity contribution in [3.63, 3.8) is 0 Å². The fourth-order valence-electron chi connectivity index (χ4n) is 4.92. The number of hydrogen-bond donors (Lipinski definition) is 0. The summed E-state index contributed by atoms with van der Waals surface area (Å²) >= 11 is 1.69. The molecule has 1 unspecified atom stereocenters. The van der Waals surface area contributed by atoms with Crippen LogP contribution in [0.15, 0.2) is 54.2 Å². The van der Waals surface area contributed by atoms with Gasteiger partial charge in [-0.3, -0.25) is 14.4 Å². The fourth-order valence-corrected chi connectivity index (χ4v) is 5.58. The molecule has 1 fully saturated rings. The van der Waals surface area contributed by atoms with Crippen molar-refractivity contribution in [3.8, 4) is 5.13 Å². The van der Waals surface area contributed by atoms with Gasteiger partial charge in [-0.15, -0.1) is 11.3 Å². The number of piperidine rings is 1. The Morgan fingerprint density at radius 2 is 1.96 bits per heavy atom. The molecule has 3 aromatic rings. The molecule has 1 saturated heterocycles. The van der Waals surface area contributed by atoms with Gasteiger partial charge in [-0.25, -0.2) is 4.98 Å². The van der Waals surface area contributed by atoms with Gasteiger partial charge in [0.2, 0.25) is 0 Å². The van der Waals surface area contributed by atoms with Gasteiger partial charge in [0.05, 0.1) is 0 Å². The zero-order valence-electron chi connectivity index (χ0n) is 16.5. The summed E-state index contributed by atoms with van der Waals surface area (Å²) in [6.07, 6.45) is 9.05. The van der Waals surface area contributed by atoms with E-state index < -0.39 is 0 Å². The summed E-state index contributed by atoms with van der Waals surface area (Å²) in [4.78, 5) is 9.78. The monoisotopic (exact) mass is 392 g/mol. The van der Waals surface area contributed by atoms with Crippen LogP contribution in [0.4, 0.5) is 0 Å². The maximum atomic E-state index is 4.48. The zero-order valence-corrected chi connectivity index (χ0v) is 17.3. The molecule has 0 bridgehead atoms. The fraction of sp³-hybridized carbons (Fsp3) is 0.435. The third kappa shape index (κ3) is 3.54. The molecular formula is C23H28N4S. The number of benzene rings is 1. The summed E-state index contributed by atoms with van der Waals surface area (Å²) < 4.78 is 2.23. The molecule has 5 heteroatoms. The van der Waals surface area contributed by atoms with E-state index in [1.54, 1.807) is 22.5 Å². The first-order chi connectivity index (χ1) is 13.8. The number of rotatable bonds is 5. The summed E-state index contributed by atoms with van der Waals surface area (Å²) in [6, 6.07) is 14.7. The highest BCUT2D eigenvalue weighted by atomic mass is 32.1. The van der Waals surface area contributed by atoms with Crippen LogP contribution < -0.4 is 0 Å². The highest BCUT2D eigenvalue weighted by Crippen LogP contribution is 2.28. The standard InChI is InChI=1S/C23H28N4S/c1-25(16-21-9-5-12-27(21)23-24-10-13-28-23)20-8-4-11-26(17-20)22-14-18-6-2-3-7-19(18)15-22/h2-3,5-7,9-10,12-13,20,22H,4,8,11,14-17H2,1H3. The minimum Gasteiger partial charge on any atom is -0.298 e. The van der Waals surface area contributed by atoms with Crippen LogP contribution in [0.25, 0.3) is 5.13 Å². The van der Waals surface area contributed by atoms with Gasteiger partial charge in [-0.2, -0.15) is 0 Å². The maximum Gasteiger partial charge on any atom is 0.193 e. The second-order valence-corrected chi connectivity index (χ2v) is 9.09. The lowest BCUT2D eigenvalue weighted by molar-refractivity contribution is 0.0827. The van der Waals surface area contributed by atoms with E-state index in [1.165, 1.54) is 44.5 Å². The number of fused-ring (bicyclic) bond motifs is 1. The Balaban J connectivity index is 1.24. The van der Waals surface area contributed by atoms with Crippen LogP contribution in [0.5, 0.6) is 0 Å². The molecule has 0 spiro atoms. The summed E-state index contributed by atoms with van der Waals surface area (Å²) in [5.74, 6) is 0. The maximum absolute atomic E-state index is 4.48. The summed E-state index contributed by atoms with van der Waals surface area (Å²) in [5.41, 5.74) is 4.44. The van der Waals surface area contributed by atoms with Crippen LogP contribution >= 0.6 is 11.3 Å². The topological polar surface area (TPSA) is 24.3 Å². The number of likely N-dealkylation sites (tertiary alicyclic amines) is 1. The van der Waals surface area contributed by atoms with Crippen LogP contribution in [-0.2, 0) is 19.4 Å². The summed E-state index contributed by atoms with van der Waals surface area (Å²) in [7, 11) is 2.29. The molecule has 1 aliphatic carbocycles. The first-order valence-electron chi connectivity index (χ1n) is 10.3. The summed E-state index contributed by atoms with van der Waals surface area (Å²) in [5, 5.41) is 3.10. The van der Waals surface area contributed by atoms with Crippen molar-refractivity contribution < 1.29 is 0 Å². The average molecular weight is 393 g/mol. The lowest BCUT2D eigenvalue weighted by Gasteiger charge is -2.40. The molecule has 28 heavy (non-hydrogen) atoms.